The van der Waals surface area contributed by atoms with Gasteiger partial charge in [-0.1, -0.05) is 240 Å². The van der Waals surface area contributed by atoms with E-state index >= 15 is 0 Å². The highest BCUT2D eigenvalue weighted by atomic mass is 16.5. The number of esters is 1. The van der Waals surface area contributed by atoms with Gasteiger partial charge in [0.2, 0.25) is 5.91 Å². The van der Waals surface area contributed by atoms with Crippen molar-refractivity contribution in [3.8, 4) is 0 Å². The molecule has 0 fully saturated rings. The van der Waals surface area contributed by atoms with Gasteiger partial charge in [-0.15, -0.1) is 0 Å². The van der Waals surface area contributed by atoms with E-state index in [0.717, 1.165) is 103 Å². The van der Waals surface area contributed by atoms with Gasteiger partial charge in [-0.3, -0.25) is 9.59 Å². The first-order chi connectivity index (χ1) is 32.0. The molecule has 0 radical (unpaired) electrons. The molecule has 0 saturated carbocycles. The Bertz CT molecular complexity index is 1290. The molecule has 3 unspecified atom stereocenters. The van der Waals surface area contributed by atoms with Gasteiger partial charge in [0.15, 0.2) is 0 Å². The SMILES string of the molecule is CC/C=C/C=C/C=C/C=C\CCCCCC(CC(=O)NC(CO)C(O)CCCCCCCCCCCCCCCCCCC)OC(=O)CCCCC/C=C/C/C=C/C/C=C/C/C=C/CC. The summed E-state index contributed by atoms with van der Waals surface area (Å²) in [6.45, 7) is 6.22. The molecule has 0 rings (SSSR count). The topological polar surface area (TPSA) is 95.9 Å². The van der Waals surface area contributed by atoms with Crippen LogP contribution in [0.15, 0.2) is 97.2 Å². The molecular formula is C59H101NO5. The van der Waals surface area contributed by atoms with E-state index in [1.165, 1.54) is 89.9 Å². The number of carbonyl (C=O) groups is 2. The van der Waals surface area contributed by atoms with Crippen molar-refractivity contribution >= 4 is 11.9 Å². The smallest absolute Gasteiger partial charge is 0.306 e. The summed E-state index contributed by atoms with van der Waals surface area (Å²) in [5, 5.41) is 23.8. The molecule has 1 amide bonds. The van der Waals surface area contributed by atoms with Crippen molar-refractivity contribution in [1.82, 2.24) is 5.32 Å². The van der Waals surface area contributed by atoms with Crippen LogP contribution in [0.2, 0.25) is 0 Å². The lowest BCUT2D eigenvalue weighted by molar-refractivity contribution is -0.151. The summed E-state index contributed by atoms with van der Waals surface area (Å²) in [6.07, 6.45) is 69.0. The van der Waals surface area contributed by atoms with Crippen LogP contribution in [0.4, 0.5) is 0 Å². The average molecular weight is 904 g/mol. The van der Waals surface area contributed by atoms with Gasteiger partial charge >= 0.3 is 5.97 Å². The standard InChI is InChI=1S/C59H101NO5/c1-4-7-10-13-16-19-22-25-27-29-30-33-36-39-42-45-48-51-57(62)56(54-61)60-58(63)53-55(50-47-44-41-38-35-32-24-21-18-15-12-9-6-3)65-59(64)52-49-46-43-40-37-34-31-28-26-23-20-17-14-11-8-5-2/h8-9,11-12,15,17-18,20-21,24,26,28,32,34-35,37,55-57,61-62H,4-7,10,13-14,16,19,22-23,25,27,29-31,33,36,38-54H2,1-3H3,(H,60,63)/b11-8+,12-9+,18-15+,20-17+,24-21+,28-26+,35-32-,37-34+. The highest BCUT2D eigenvalue weighted by Gasteiger charge is 2.24. The van der Waals surface area contributed by atoms with Gasteiger partial charge in [0.1, 0.15) is 6.10 Å². The van der Waals surface area contributed by atoms with Crippen molar-refractivity contribution < 1.29 is 24.5 Å². The van der Waals surface area contributed by atoms with Crippen molar-refractivity contribution in [2.75, 3.05) is 6.61 Å². The molecule has 0 aromatic rings. The minimum Gasteiger partial charge on any atom is -0.462 e. The quantitative estimate of drug-likeness (QED) is 0.0245. The summed E-state index contributed by atoms with van der Waals surface area (Å²) in [5.41, 5.74) is 0. The van der Waals surface area contributed by atoms with E-state index in [4.69, 9.17) is 4.74 Å². The molecule has 0 saturated heterocycles. The average Bonchev–Trinajstić information content (AvgIpc) is 3.30. The van der Waals surface area contributed by atoms with E-state index in [1.54, 1.807) is 0 Å². The molecule has 0 heterocycles. The van der Waals surface area contributed by atoms with Crippen molar-refractivity contribution in [2.45, 2.75) is 257 Å². The number of aliphatic hydroxyl groups is 2. The Labute approximate surface area is 401 Å². The number of amides is 1. The molecule has 0 spiro atoms. The van der Waals surface area contributed by atoms with Crippen LogP contribution in [0.25, 0.3) is 0 Å². The molecule has 0 aliphatic rings. The summed E-state index contributed by atoms with van der Waals surface area (Å²) in [7, 11) is 0. The van der Waals surface area contributed by atoms with E-state index in [0.29, 0.717) is 19.3 Å². The maximum atomic E-state index is 13.2. The Morgan fingerprint density at radius 1 is 0.477 bits per heavy atom. The Morgan fingerprint density at radius 3 is 1.45 bits per heavy atom. The monoisotopic (exact) mass is 904 g/mol. The molecule has 0 aliphatic heterocycles. The molecular weight excluding hydrogens is 803 g/mol. The highest BCUT2D eigenvalue weighted by Crippen LogP contribution is 2.17. The zero-order valence-electron chi connectivity index (χ0n) is 42.3. The number of rotatable bonds is 47. The summed E-state index contributed by atoms with van der Waals surface area (Å²) in [4.78, 5) is 26.2. The van der Waals surface area contributed by atoms with Crippen LogP contribution in [-0.2, 0) is 14.3 Å². The van der Waals surface area contributed by atoms with Gasteiger partial charge in [0, 0.05) is 6.42 Å². The third-order valence-corrected chi connectivity index (χ3v) is 11.8. The Morgan fingerprint density at radius 2 is 0.908 bits per heavy atom. The molecule has 3 N–H and O–H groups in total. The zero-order valence-corrected chi connectivity index (χ0v) is 42.3. The summed E-state index contributed by atoms with van der Waals surface area (Å²) >= 11 is 0. The molecule has 0 aromatic heterocycles. The number of allylic oxidation sites excluding steroid dienone is 16. The first-order valence-corrected chi connectivity index (χ1v) is 27.0. The second-order valence-electron chi connectivity index (χ2n) is 18.0. The molecule has 6 nitrogen and oxygen atoms in total. The lowest BCUT2D eigenvalue weighted by Gasteiger charge is -2.24. The van der Waals surface area contributed by atoms with E-state index < -0.39 is 18.2 Å². The van der Waals surface area contributed by atoms with Crippen molar-refractivity contribution in [3.63, 3.8) is 0 Å². The first-order valence-electron chi connectivity index (χ1n) is 27.0. The lowest BCUT2D eigenvalue weighted by atomic mass is 10.0. The predicted octanol–water partition coefficient (Wildman–Crippen LogP) is 16.5. The number of hydrogen-bond acceptors (Lipinski definition) is 5. The summed E-state index contributed by atoms with van der Waals surface area (Å²) < 4.78 is 5.91. The summed E-state index contributed by atoms with van der Waals surface area (Å²) in [6, 6.07) is -0.728. The van der Waals surface area contributed by atoms with Gasteiger partial charge in [-0.2, -0.15) is 0 Å². The van der Waals surface area contributed by atoms with E-state index in [1.807, 2.05) is 24.3 Å². The molecule has 65 heavy (non-hydrogen) atoms. The van der Waals surface area contributed by atoms with Crippen LogP contribution in [0.3, 0.4) is 0 Å². The molecule has 372 valence electrons. The third kappa shape index (κ3) is 47.1. The Kier molecular flexibility index (Phi) is 49.2. The molecule has 0 aliphatic carbocycles. The maximum absolute atomic E-state index is 13.2. The highest BCUT2D eigenvalue weighted by molar-refractivity contribution is 5.77. The lowest BCUT2D eigenvalue weighted by Crippen LogP contribution is -2.46. The van der Waals surface area contributed by atoms with E-state index in [9.17, 15) is 19.8 Å². The molecule has 0 aromatic carbocycles. The minimum absolute atomic E-state index is 0.0333. The van der Waals surface area contributed by atoms with Gasteiger partial charge in [-0.05, 0) is 83.5 Å². The van der Waals surface area contributed by atoms with Gasteiger partial charge in [0.25, 0.3) is 0 Å². The minimum atomic E-state index is -0.810. The number of aliphatic hydroxyl groups excluding tert-OH is 2. The fourth-order valence-electron chi connectivity index (χ4n) is 7.73. The van der Waals surface area contributed by atoms with Gasteiger partial charge in [-0.25, -0.2) is 0 Å². The van der Waals surface area contributed by atoms with Crippen LogP contribution in [0, 0.1) is 0 Å². The fraction of sp³-hybridized carbons (Fsp3) is 0.695. The van der Waals surface area contributed by atoms with Crippen molar-refractivity contribution in [2.24, 2.45) is 0 Å². The van der Waals surface area contributed by atoms with Crippen LogP contribution in [-0.4, -0.2) is 46.9 Å². The molecule has 3 atom stereocenters. The molecule has 0 bridgehead atoms. The number of hydrogen-bond donors (Lipinski definition) is 3. The largest absolute Gasteiger partial charge is 0.462 e. The number of carbonyl (C=O) groups excluding carboxylic acids is 2. The van der Waals surface area contributed by atoms with Crippen LogP contribution < -0.4 is 5.32 Å². The van der Waals surface area contributed by atoms with Crippen molar-refractivity contribution in [3.05, 3.63) is 97.2 Å². The van der Waals surface area contributed by atoms with E-state index in [2.05, 4.69) is 99.0 Å². The Hall–Kier alpha value is -3.22. The maximum Gasteiger partial charge on any atom is 0.306 e. The van der Waals surface area contributed by atoms with Crippen molar-refractivity contribution in [1.29, 1.82) is 0 Å². The third-order valence-electron chi connectivity index (χ3n) is 11.8. The fourth-order valence-corrected chi connectivity index (χ4v) is 7.73. The molecule has 6 heteroatoms. The summed E-state index contributed by atoms with van der Waals surface area (Å²) in [5.74, 6) is -0.555. The zero-order chi connectivity index (χ0) is 47.4. The van der Waals surface area contributed by atoms with Crippen LogP contribution >= 0.6 is 0 Å². The number of ether oxygens (including phenoxy) is 1. The second kappa shape index (κ2) is 51.8. The Balaban J connectivity index is 4.63. The number of nitrogens with one attached hydrogen (secondary N) is 1. The first kappa shape index (κ1) is 61.8. The van der Waals surface area contributed by atoms with E-state index in [-0.39, 0.29) is 24.9 Å². The normalized spacial score (nSPS) is 14.0. The van der Waals surface area contributed by atoms with Crippen LogP contribution in [0.1, 0.15) is 239 Å². The van der Waals surface area contributed by atoms with Gasteiger partial charge in [0.05, 0.1) is 25.2 Å². The number of unbranched alkanes of at least 4 members (excludes halogenated alkanes) is 22. The van der Waals surface area contributed by atoms with Gasteiger partial charge < -0.3 is 20.3 Å². The predicted molar refractivity (Wildman–Crippen MR) is 282 cm³/mol. The second-order valence-corrected chi connectivity index (χ2v) is 18.0. The van der Waals surface area contributed by atoms with Crippen LogP contribution in [0.5, 0.6) is 0 Å².